The largest absolute Gasteiger partial charge is 0.383 e. The molecular formula is C12H16N4S. The topological polar surface area (TPSA) is 64.7 Å². The van der Waals surface area contributed by atoms with Crippen molar-refractivity contribution in [1.29, 1.82) is 0 Å². The first-order valence-electron chi connectivity index (χ1n) is 5.56. The summed E-state index contributed by atoms with van der Waals surface area (Å²) >= 11 is 1.64. The maximum absolute atomic E-state index is 5.90. The van der Waals surface area contributed by atoms with Gasteiger partial charge in [-0.25, -0.2) is 15.0 Å². The summed E-state index contributed by atoms with van der Waals surface area (Å²) in [4.78, 5) is 14.2. The molecule has 0 aliphatic heterocycles. The van der Waals surface area contributed by atoms with Crippen molar-refractivity contribution in [3.05, 3.63) is 22.6 Å². The van der Waals surface area contributed by atoms with Crippen LogP contribution in [0.2, 0.25) is 0 Å². The molecule has 0 saturated carbocycles. The van der Waals surface area contributed by atoms with Gasteiger partial charge >= 0.3 is 0 Å². The number of aryl methyl sites for hydroxylation is 2. The monoisotopic (exact) mass is 248 g/mol. The normalized spacial score (nSPS) is 11.1. The zero-order valence-electron chi connectivity index (χ0n) is 10.5. The van der Waals surface area contributed by atoms with Gasteiger partial charge in [0.2, 0.25) is 0 Å². The average Bonchev–Trinajstić information content (AvgIpc) is 2.60. The maximum atomic E-state index is 5.90. The Labute approximate surface area is 105 Å². The van der Waals surface area contributed by atoms with Crippen LogP contribution in [0.15, 0.2) is 6.20 Å². The Morgan fingerprint density at radius 2 is 1.94 bits per heavy atom. The second-order valence-corrected chi connectivity index (χ2v) is 5.53. The molecule has 2 rings (SSSR count). The molecule has 0 spiro atoms. The minimum Gasteiger partial charge on any atom is -0.383 e. The van der Waals surface area contributed by atoms with Crippen LogP contribution in [0.5, 0.6) is 0 Å². The van der Waals surface area contributed by atoms with Gasteiger partial charge in [-0.05, 0) is 19.8 Å². The van der Waals surface area contributed by atoms with Crippen molar-refractivity contribution < 1.29 is 0 Å². The van der Waals surface area contributed by atoms with Crippen LogP contribution in [0.25, 0.3) is 10.6 Å². The number of nitrogens with zero attached hydrogens (tertiary/aromatic N) is 3. The van der Waals surface area contributed by atoms with Gasteiger partial charge in [0.25, 0.3) is 0 Å². The highest BCUT2D eigenvalue weighted by Gasteiger charge is 2.14. The standard InChI is InChI=1S/C12H16N4S/c1-6(2)10-7(3)17-12(16-10)9-5-14-8(4)15-11(9)13/h5-6H,1-4H3,(H2,13,14,15). The van der Waals surface area contributed by atoms with Gasteiger partial charge in [-0.1, -0.05) is 13.8 Å². The lowest BCUT2D eigenvalue weighted by Crippen LogP contribution is -1.98. The van der Waals surface area contributed by atoms with Crippen molar-refractivity contribution in [3.63, 3.8) is 0 Å². The van der Waals surface area contributed by atoms with E-state index >= 15 is 0 Å². The minimum absolute atomic E-state index is 0.424. The van der Waals surface area contributed by atoms with Gasteiger partial charge in [-0.3, -0.25) is 0 Å². The molecule has 0 fully saturated rings. The summed E-state index contributed by atoms with van der Waals surface area (Å²) < 4.78 is 0. The van der Waals surface area contributed by atoms with Crippen LogP contribution >= 0.6 is 11.3 Å². The lowest BCUT2D eigenvalue weighted by molar-refractivity contribution is 0.826. The predicted molar refractivity (Wildman–Crippen MR) is 71.1 cm³/mol. The van der Waals surface area contributed by atoms with Gasteiger partial charge < -0.3 is 5.73 Å². The van der Waals surface area contributed by atoms with E-state index in [2.05, 4.69) is 35.7 Å². The molecule has 4 nitrogen and oxygen atoms in total. The van der Waals surface area contributed by atoms with Gasteiger partial charge in [-0.15, -0.1) is 11.3 Å². The van der Waals surface area contributed by atoms with Crippen molar-refractivity contribution in [2.75, 3.05) is 5.73 Å². The van der Waals surface area contributed by atoms with Gasteiger partial charge in [0.15, 0.2) is 0 Å². The van der Waals surface area contributed by atoms with Crippen molar-refractivity contribution in [3.8, 4) is 10.6 Å². The number of anilines is 1. The molecule has 2 heterocycles. The Balaban J connectivity index is 2.50. The number of thiazole rings is 1. The summed E-state index contributed by atoms with van der Waals surface area (Å²) in [6.45, 7) is 8.19. The second kappa shape index (κ2) is 4.41. The highest BCUT2D eigenvalue weighted by Crippen LogP contribution is 2.32. The van der Waals surface area contributed by atoms with Crippen LogP contribution in [-0.4, -0.2) is 15.0 Å². The molecule has 0 aromatic carbocycles. The lowest BCUT2D eigenvalue weighted by Gasteiger charge is -2.02. The molecule has 2 aromatic rings. The molecule has 2 N–H and O–H groups in total. The van der Waals surface area contributed by atoms with Gasteiger partial charge in [0.05, 0.1) is 11.3 Å². The van der Waals surface area contributed by atoms with Crippen LogP contribution < -0.4 is 5.73 Å². The van der Waals surface area contributed by atoms with Crippen LogP contribution in [0.1, 0.15) is 36.2 Å². The molecule has 17 heavy (non-hydrogen) atoms. The summed E-state index contributed by atoms with van der Waals surface area (Å²) in [6, 6.07) is 0. The van der Waals surface area contributed by atoms with Crippen molar-refractivity contribution >= 4 is 17.2 Å². The highest BCUT2D eigenvalue weighted by atomic mass is 32.1. The first kappa shape index (κ1) is 12.0. The molecule has 90 valence electrons. The van der Waals surface area contributed by atoms with Crippen LogP contribution in [0, 0.1) is 13.8 Å². The molecule has 0 bridgehead atoms. The van der Waals surface area contributed by atoms with Crippen molar-refractivity contribution in [1.82, 2.24) is 15.0 Å². The Bertz CT molecular complexity index is 545. The Kier molecular flexibility index (Phi) is 3.11. The second-order valence-electron chi connectivity index (χ2n) is 4.33. The number of hydrogen-bond donors (Lipinski definition) is 1. The van der Waals surface area contributed by atoms with Gasteiger partial charge in [0.1, 0.15) is 16.6 Å². The van der Waals surface area contributed by atoms with Crippen LogP contribution in [0.4, 0.5) is 5.82 Å². The number of rotatable bonds is 2. The van der Waals surface area contributed by atoms with E-state index in [4.69, 9.17) is 5.73 Å². The Morgan fingerprint density at radius 1 is 1.24 bits per heavy atom. The Hall–Kier alpha value is -1.49. The van der Waals surface area contributed by atoms with E-state index in [1.807, 2.05) is 6.92 Å². The lowest BCUT2D eigenvalue weighted by atomic mass is 10.1. The SMILES string of the molecule is Cc1ncc(-c2nc(C(C)C)c(C)s2)c(N)n1. The van der Waals surface area contributed by atoms with E-state index in [1.54, 1.807) is 17.5 Å². The molecule has 0 radical (unpaired) electrons. The molecule has 2 aromatic heterocycles. The predicted octanol–water partition coefficient (Wildman–Crippen LogP) is 2.92. The minimum atomic E-state index is 0.424. The summed E-state index contributed by atoms with van der Waals surface area (Å²) in [7, 11) is 0. The van der Waals surface area contributed by atoms with E-state index in [-0.39, 0.29) is 0 Å². The zero-order valence-corrected chi connectivity index (χ0v) is 11.3. The Morgan fingerprint density at radius 3 is 2.47 bits per heavy atom. The first-order chi connectivity index (χ1) is 7.99. The van der Waals surface area contributed by atoms with Crippen LogP contribution in [-0.2, 0) is 0 Å². The van der Waals surface area contributed by atoms with Crippen molar-refractivity contribution in [2.24, 2.45) is 0 Å². The van der Waals surface area contributed by atoms with E-state index in [9.17, 15) is 0 Å². The summed E-state index contributed by atoms with van der Waals surface area (Å²) in [5, 5.41) is 0.906. The molecule has 0 atom stereocenters. The molecule has 0 amide bonds. The summed E-state index contributed by atoms with van der Waals surface area (Å²) in [6.07, 6.45) is 1.75. The molecule has 0 saturated heterocycles. The number of hydrogen-bond acceptors (Lipinski definition) is 5. The molecule has 5 heteroatoms. The number of aromatic nitrogens is 3. The van der Waals surface area contributed by atoms with E-state index in [1.165, 1.54) is 4.88 Å². The fraction of sp³-hybridized carbons (Fsp3) is 0.417. The quantitative estimate of drug-likeness (QED) is 0.887. The number of nitrogen functional groups attached to an aromatic ring is 1. The highest BCUT2D eigenvalue weighted by molar-refractivity contribution is 7.15. The molecule has 0 aliphatic rings. The van der Waals surface area contributed by atoms with Crippen LogP contribution in [0.3, 0.4) is 0 Å². The fourth-order valence-corrected chi connectivity index (χ4v) is 2.80. The van der Waals surface area contributed by atoms with Gasteiger partial charge in [0, 0.05) is 11.1 Å². The molecular weight excluding hydrogens is 232 g/mol. The third-order valence-electron chi connectivity index (χ3n) is 2.55. The maximum Gasteiger partial charge on any atom is 0.137 e. The van der Waals surface area contributed by atoms with E-state index in [0.29, 0.717) is 17.6 Å². The summed E-state index contributed by atoms with van der Waals surface area (Å²) in [5.74, 6) is 1.61. The average molecular weight is 248 g/mol. The van der Waals surface area contributed by atoms with Gasteiger partial charge in [-0.2, -0.15) is 0 Å². The zero-order chi connectivity index (χ0) is 12.6. The van der Waals surface area contributed by atoms with Crippen molar-refractivity contribution in [2.45, 2.75) is 33.6 Å². The molecule has 0 aliphatic carbocycles. The van der Waals surface area contributed by atoms with E-state index < -0.39 is 0 Å². The fourth-order valence-electron chi connectivity index (χ4n) is 1.71. The van der Waals surface area contributed by atoms with E-state index in [0.717, 1.165) is 16.3 Å². The number of nitrogens with two attached hydrogens (primary N) is 1. The first-order valence-corrected chi connectivity index (χ1v) is 6.37. The summed E-state index contributed by atoms with van der Waals surface area (Å²) in [5.41, 5.74) is 7.86. The third kappa shape index (κ3) is 2.29. The molecule has 0 unspecified atom stereocenters. The third-order valence-corrected chi connectivity index (χ3v) is 3.57. The smallest absolute Gasteiger partial charge is 0.137 e.